The Kier molecular flexibility index (Phi) is 9.25. The van der Waals surface area contributed by atoms with Crippen molar-refractivity contribution in [1.29, 1.82) is 10.5 Å². The van der Waals surface area contributed by atoms with Crippen LogP contribution in [-0.4, -0.2) is 12.6 Å². The van der Waals surface area contributed by atoms with E-state index in [-0.39, 0.29) is 16.9 Å². The van der Waals surface area contributed by atoms with Crippen LogP contribution in [0.4, 0.5) is 0 Å². The molecule has 0 saturated heterocycles. The minimum Gasteiger partial charge on any atom is -0.494 e. The second-order valence-corrected chi connectivity index (χ2v) is 6.81. The van der Waals surface area contributed by atoms with E-state index in [1.165, 1.54) is 56.7 Å². The van der Waals surface area contributed by atoms with Gasteiger partial charge in [0, 0.05) is 6.07 Å². The van der Waals surface area contributed by atoms with E-state index < -0.39 is 5.97 Å². The summed E-state index contributed by atoms with van der Waals surface area (Å²) in [6.45, 7) is 2.89. The van der Waals surface area contributed by atoms with Gasteiger partial charge >= 0.3 is 5.97 Å². The topological polar surface area (TPSA) is 83.1 Å². The number of esters is 1. The molecule has 0 bridgehead atoms. The molecule has 5 heteroatoms. The molecule has 0 aliphatic rings. The van der Waals surface area contributed by atoms with Crippen molar-refractivity contribution in [2.75, 3.05) is 6.61 Å². The smallest absolute Gasteiger partial charge is 0.343 e. The van der Waals surface area contributed by atoms with E-state index >= 15 is 0 Å². The number of carbonyl (C=O) groups excluding carboxylic acids is 1. The van der Waals surface area contributed by atoms with Crippen LogP contribution in [0.5, 0.6) is 11.5 Å². The summed E-state index contributed by atoms with van der Waals surface area (Å²) >= 11 is 0. The number of ether oxygens (including phenoxy) is 2. The molecule has 0 fully saturated rings. The van der Waals surface area contributed by atoms with Gasteiger partial charge in [0.1, 0.15) is 23.6 Å². The van der Waals surface area contributed by atoms with E-state index in [1.807, 2.05) is 12.1 Å². The SMILES string of the molecule is CCCCCCCCCOc1ccc(C(=O)Oc2ccc(C#N)c(C#N)c2)cc1. The van der Waals surface area contributed by atoms with Gasteiger partial charge in [-0.3, -0.25) is 0 Å². The number of hydrogen-bond acceptors (Lipinski definition) is 5. The first-order valence-corrected chi connectivity index (χ1v) is 10.1. The molecule has 0 N–H and O–H groups in total. The van der Waals surface area contributed by atoms with Crippen LogP contribution >= 0.6 is 0 Å². The van der Waals surface area contributed by atoms with E-state index in [2.05, 4.69) is 6.92 Å². The molecule has 0 aromatic heterocycles. The maximum Gasteiger partial charge on any atom is 0.343 e. The van der Waals surface area contributed by atoms with Crippen molar-refractivity contribution in [3.8, 4) is 23.6 Å². The molecule has 0 unspecified atom stereocenters. The van der Waals surface area contributed by atoms with Gasteiger partial charge < -0.3 is 9.47 Å². The summed E-state index contributed by atoms with van der Waals surface area (Å²) in [7, 11) is 0. The fourth-order valence-corrected chi connectivity index (χ4v) is 2.88. The maximum absolute atomic E-state index is 12.3. The molecule has 0 saturated carbocycles. The quantitative estimate of drug-likeness (QED) is 0.276. The van der Waals surface area contributed by atoms with Gasteiger partial charge in [-0.1, -0.05) is 45.4 Å². The molecule has 2 rings (SSSR count). The Morgan fingerprint density at radius 2 is 1.45 bits per heavy atom. The normalized spacial score (nSPS) is 10.0. The number of nitriles is 2. The van der Waals surface area contributed by atoms with Crippen molar-refractivity contribution in [2.24, 2.45) is 0 Å². The van der Waals surface area contributed by atoms with E-state index in [1.54, 1.807) is 24.3 Å². The molecule has 0 atom stereocenters. The third-order valence-corrected chi connectivity index (χ3v) is 4.55. The molecule has 29 heavy (non-hydrogen) atoms. The van der Waals surface area contributed by atoms with Gasteiger partial charge in [-0.25, -0.2) is 4.79 Å². The highest BCUT2D eigenvalue weighted by Gasteiger charge is 2.11. The number of benzene rings is 2. The summed E-state index contributed by atoms with van der Waals surface area (Å²) in [6.07, 6.45) is 8.63. The van der Waals surface area contributed by atoms with E-state index in [0.29, 0.717) is 12.2 Å². The molecule has 5 nitrogen and oxygen atoms in total. The van der Waals surface area contributed by atoms with Gasteiger partial charge in [0.15, 0.2) is 0 Å². The molecular formula is C24H26N2O3. The molecule has 0 heterocycles. The fraction of sp³-hybridized carbons (Fsp3) is 0.375. The molecular weight excluding hydrogens is 364 g/mol. The van der Waals surface area contributed by atoms with Crippen LogP contribution < -0.4 is 9.47 Å². The van der Waals surface area contributed by atoms with Crippen molar-refractivity contribution in [3.05, 3.63) is 59.2 Å². The number of carbonyl (C=O) groups is 1. The van der Waals surface area contributed by atoms with Crippen LogP contribution in [0.2, 0.25) is 0 Å². The molecule has 2 aromatic rings. The van der Waals surface area contributed by atoms with Crippen LogP contribution in [-0.2, 0) is 0 Å². The monoisotopic (exact) mass is 390 g/mol. The molecule has 0 spiro atoms. The molecule has 150 valence electrons. The Hall–Kier alpha value is -3.31. The highest BCUT2D eigenvalue weighted by Crippen LogP contribution is 2.19. The Bertz CT molecular complexity index is 876. The van der Waals surface area contributed by atoms with E-state index in [0.717, 1.165) is 12.2 Å². The molecule has 0 aliphatic heterocycles. The Morgan fingerprint density at radius 1 is 0.828 bits per heavy atom. The zero-order chi connectivity index (χ0) is 20.9. The Labute approximate surface area is 172 Å². The summed E-state index contributed by atoms with van der Waals surface area (Å²) in [5, 5.41) is 18.0. The number of unbranched alkanes of at least 4 members (excludes halogenated alkanes) is 6. The third-order valence-electron chi connectivity index (χ3n) is 4.55. The first-order valence-electron chi connectivity index (χ1n) is 10.1. The lowest BCUT2D eigenvalue weighted by Crippen LogP contribution is -2.08. The zero-order valence-corrected chi connectivity index (χ0v) is 16.8. The predicted molar refractivity (Wildman–Crippen MR) is 111 cm³/mol. The highest BCUT2D eigenvalue weighted by molar-refractivity contribution is 5.91. The predicted octanol–water partition coefficient (Wildman–Crippen LogP) is 5.78. The lowest BCUT2D eigenvalue weighted by molar-refractivity contribution is 0.0734. The summed E-state index contributed by atoms with van der Waals surface area (Å²) < 4.78 is 11.0. The van der Waals surface area contributed by atoms with Gasteiger partial charge in [-0.15, -0.1) is 0 Å². The number of hydrogen-bond donors (Lipinski definition) is 0. The average molecular weight is 390 g/mol. The number of rotatable bonds is 11. The largest absolute Gasteiger partial charge is 0.494 e. The highest BCUT2D eigenvalue weighted by atomic mass is 16.5. The van der Waals surface area contributed by atoms with Crippen molar-refractivity contribution in [3.63, 3.8) is 0 Å². The Balaban J connectivity index is 1.79. The molecule has 0 aliphatic carbocycles. The van der Waals surface area contributed by atoms with Crippen LogP contribution in [0.25, 0.3) is 0 Å². The second-order valence-electron chi connectivity index (χ2n) is 6.81. The zero-order valence-electron chi connectivity index (χ0n) is 16.8. The third kappa shape index (κ3) is 7.31. The summed E-state index contributed by atoms with van der Waals surface area (Å²) in [5.74, 6) is 0.416. The van der Waals surface area contributed by atoms with Crippen molar-refractivity contribution in [2.45, 2.75) is 51.9 Å². The maximum atomic E-state index is 12.3. The summed E-state index contributed by atoms with van der Waals surface area (Å²) in [4.78, 5) is 12.3. The van der Waals surface area contributed by atoms with Gasteiger partial charge in [0.05, 0.1) is 23.3 Å². The van der Waals surface area contributed by atoms with Crippen LogP contribution in [0, 0.1) is 22.7 Å². The van der Waals surface area contributed by atoms with Gasteiger partial charge in [-0.2, -0.15) is 10.5 Å². The first-order chi connectivity index (χ1) is 14.2. The van der Waals surface area contributed by atoms with Gasteiger partial charge in [-0.05, 0) is 42.8 Å². The molecule has 0 radical (unpaired) electrons. The van der Waals surface area contributed by atoms with Crippen molar-refractivity contribution in [1.82, 2.24) is 0 Å². The van der Waals surface area contributed by atoms with Gasteiger partial charge in [0.25, 0.3) is 0 Å². The standard InChI is InChI=1S/C24H26N2O3/c1-2-3-4-5-6-7-8-15-28-22-12-9-19(10-13-22)24(27)29-23-14-11-20(17-25)21(16-23)18-26/h9-14,16H,2-8,15H2,1H3. The van der Waals surface area contributed by atoms with Gasteiger partial charge in [0.2, 0.25) is 0 Å². The van der Waals surface area contributed by atoms with E-state index in [4.69, 9.17) is 20.0 Å². The van der Waals surface area contributed by atoms with E-state index in [9.17, 15) is 4.79 Å². The summed E-state index contributed by atoms with van der Waals surface area (Å²) in [5.41, 5.74) is 0.804. The number of nitrogens with zero attached hydrogens (tertiary/aromatic N) is 2. The lowest BCUT2D eigenvalue weighted by atomic mass is 10.1. The van der Waals surface area contributed by atoms with Crippen LogP contribution in [0.3, 0.4) is 0 Å². The minimum absolute atomic E-state index is 0.173. The molecule has 2 aromatic carbocycles. The summed E-state index contributed by atoms with van der Waals surface area (Å²) in [6, 6.07) is 15.0. The first kappa shape index (κ1) is 22.0. The van der Waals surface area contributed by atoms with Crippen LogP contribution in [0.15, 0.2) is 42.5 Å². The van der Waals surface area contributed by atoms with Crippen LogP contribution in [0.1, 0.15) is 73.4 Å². The van der Waals surface area contributed by atoms with Crippen molar-refractivity contribution >= 4 is 5.97 Å². The lowest BCUT2D eigenvalue weighted by Gasteiger charge is -2.08. The molecule has 0 amide bonds. The Morgan fingerprint density at radius 3 is 2.10 bits per heavy atom. The second kappa shape index (κ2) is 12.2. The van der Waals surface area contributed by atoms with Crippen molar-refractivity contribution < 1.29 is 14.3 Å². The fourth-order valence-electron chi connectivity index (χ4n) is 2.88. The average Bonchev–Trinajstić information content (AvgIpc) is 2.75. The minimum atomic E-state index is -0.530.